The molecule has 1 N–H and O–H groups in total. The van der Waals surface area contributed by atoms with Crippen LogP contribution in [0, 0.1) is 11.7 Å². The number of carbonyl (C=O) groups is 1. The van der Waals surface area contributed by atoms with E-state index in [0.717, 1.165) is 17.8 Å². The summed E-state index contributed by atoms with van der Waals surface area (Å²) in [6.45, 7) is 3.61. The molecule has 1 aliphatic heterocycles. The number of hydrogen-bond acceptors (Lipinski definition) is 3. The molecule has 1 aromatic carbocycles. The number of nitrogens with one attached hydrogen (secondary N) is 1. The van der Waals surface area contributed by atoms with E-state index in [4.69, 9.17) is 4.84 Å². The standard InChI is InChI=1S/C15H16F4N2O2/c1-8(2)12-6-13(23-21-12)14(22)20-7-9-3-4-10(5-11(9)16)15(17,18)19/h3-5,8,13H,6-7H2,1-2H3,(H,20,22). The minimum absolute atomic E-state index is 0.0330. The normalized spacial score (nSPS) is 17.9. The molecule has 1 unspecified atom stereocenters. The van der Waals surface area contributed by atoms with E-state index in [1.165, 1.54) is 0 Å². The Hall–Kier alpha value is -2.12. The smallest absolute Gasteiger partial charge is 0.382 e. The summed E-state index contributed by atoms with van der Waals surface area (Å²) in [6.07, 6.45) is -5.05. The van der Waals surface area contributed by atoms with Gasteiger partial charge in [-0.2, -0.15) is 13.2 Å². The van der Waals surface area contributed by atoms with E-state index in [1.807, 2.05) is 13.8 Å². The third kappa shape index (κ3) is 4.20. The first kappa shape index (κ1) is 17.2. The Bertz CT molecular complexity index is 626. The highest BCUT2D eigenvalue weighted by molar-refractivity contribution is 5.93. The Morgan fingerprint density at radius 2 is 2.13 bits per heavy atom. The molecule has 0 aliphatic carbocycles. The number of alkyl halides is 3. The predicted molar refractivity (Wildman–Crippen MR) is 75.0 cm³/mol. The van der Waals surface area contributed by atoms with Gasteiger partial charge in [-0.05, 0) is 18.1 Å². The summed E-state index contributed by atoms with van der Waals surface area (Å²) in [5.41, 5.74) is -0.348. The number of nitrogens with zero attached hydrogens (tertiary/aromatic N) is 1. The summed E-state index contributed by atoms with van der Waals surface area (Å²) in [5.74, 6) is -1.35. The van der Waals surface area contributed by atoms with Gasteiger partial charge in [0.2, 0.25) is 6.10 Å². The van der Waals surface area contributed by atoms with Gasteiger partial charge in [0, 0.05) is 18.5 Å². The van der Waals surface area contributed by atoms with Crippen LogP contribution in [0.5, 0.6) is 0 Å². The molecule has 0 saturated heterocycles. The monoisotopic (exact) mass is 332 g/mol. The molecule has 0 spiro atoms. The lowest BCUT2D eigenvalue weighted by Gasteiger charge is -2.12. The van der Waals surface area contributed by atoms with Gasteiger partial charge in [-0.25, -0.2) is 4.39 Å². The van der Waals surface area contributed by atoms with Crippen LogP contribution in [-0.2, 0) is 22.4 Å². The maximum Gasteiger partial charge on any atom is 0.416 e. The summed E-state index contributed by atoms with van der Waals surface area (Å²) in [7, 11) is 0. The maximum atomic E-state index is 13.7. The molecule has 4 nitrogen and oxygen atoms in total. The first-order valence-electron chi connectivity index (χ1n) is 7.04. The highest BCUT2D eigenvalue weighted by Crippen LogP contribution is 2.30. The Balaban J connectivity index is 1.93. The Labute approximate surface area is 130 Å². The van der Waals surface area contributed by atoms with Crippen molar-refractivity contribution in [3.05, 3.63) is 35.1 Å². The fraction of sp³-hybridized carbons (Fsp3) is 0.467. The first-order valence-corrected chi connectivity index (χ1v) is 7.04. The van der Waals surface area contributed by atoms with E-state index in [2.05, 4.69) is 10.5 Å². The molecule has 1 heterocycles. The largest absolute Gasteiger partial charge is 0.416 e. The van der Waals surface area contributed by atoms with Crippen molar-refractivity contribution in [1.29, 1.82) is 0 Å². The van der Waals surface area contributed by atoms with Crippen molar-refractivity contribution >= 4 is 11.6 Å². The average Bonchev–Trinajstić information content (AvgIpc) is 2.94. The zero-order chi connectivity index (χ0) is 17.2. The second-order valence-corrected chi connectivity index (χ2v) is 5.56. The van der Waals surface area contributed by atoms with Crippen molar-refractivity contribution in [3.8, 4) is 0 Å². The van der Waals surface area contributed by atoms with Gasteiger partial charge in [0.15, 0.2) is 0 Å². The van der Waals surface area contributed by atoms with Crippen molar-refractivity contribution in [2.75, 3.05) is 0 Å². The lowest BCUT2D eigenvalue weighted by molar-refractivity contribution is -0.137. The Morgan fingerprint density at radius 3 is 2.65 bits per heavy atom. The Kier molecular flexibility index (Phi) is 4.91. The van der Waals surface area contributed by atoms with Gasteiger partial charge < -0.3 is 10.2 Å². The second kappa shape index (κ2) is 6.55. The third-order valence-corrected chi connectivity index (χ3v) is 3.48. The van der Waals surface area contributed by atoms with E-state index in [0.29, 0.717) is 12.5 Å². The fourth-order valence-corrected chi connectivity index (χ4v) is 2.04. The van der Waals surface area contributed by atoms with Crippen LogP contribution in [0.3, 0.4) is 0 Å². The van der Waals surface area contributed by atoms with Crippen LogP contribution in [0.25, 0.3) is 0 Å². The zero-order valence-corrected chi connectivity index (χ0v) is 12.6. The van der Waals surface area contributed by atoms with E-state index in [9.17, 15) is 22.4 Å². The highest BCUT2D eigenvalue weighted by Gasteiger charge is 2.32. The van der Waals surface area contributed by atoms with E-state index in [1.54, 1.807) is 0 Å². The van der Waals surface area contributed by atoms with E-state index >= 15 is 0 Å². The molecule has 2 rings (SSSR count). The number of rotatable bonds is 4. The van der Waals surface area contributed by atoms with Crippen LogP contribution >= 0.6 is 0 Å². The lowest BCUT2D eigenvalue weighted by Crippen LogP contribution is -2.34. The van der Waals surface area contributed by atoms with E-state index in [-0.39, 0.29) is 18.0 Å². The molecule has 1 atom stereocenters. The summed E-state index contributed by atoms with van der Waals surface area (Å²) >= 11 is 0. The van der Waals surface area contributed by atoms with Crippen LogP contribution in [0.2, 0.25) is 0 Å². The molecule has 8 heteroatoms. The zero-order valence-electron chi connectivity index (χ0n) is 12.6. The van der Waals surface area contributed by atoms with Crippen molar-refractivity contribution in [2.24, 2.45) is 11.1 Å². The summed E-state index contributed by atoms with van der Waals surface area (Å²) in [6, 6.07) is 2.19. The molecule has 0 bridgehead atoms. The Morgan fingerprint density at radius 1 is 1.43 bits per heavy atom. The van der Waals surface area contributed by atoms with Crippen LogP contribution in [0.1, 0.15) is 31.4 Å². The minimum atomic E-state index is -4.61. The number of amides is 1. The average molecular weight is 332 g/mol. The molecule has 23 heavy (non-hydrogen) atoms. The van der Waals surface area contributed by atoms with Crippen molar-refractivity contribution < 1.29 is 27.2 Å². The lowest BCUT2D eigenvalue weighted by atomic mass is 10.0. The molecule has 126 valence electrons. The maximum absolute atomic E-state index is 13.7. The van der Waals surface area contributed by atoms with Crippen LogP contribution in [-0.4, -0.2) is 17.7 Å². The second-order valence-electron chi connectivity index (χ2n) is 5.56. The fourth-order valence-electron chi connectivity index (χ4n) is 2.04. The van der Waals surface area contributed by atoms with Gasteiger partial charge in [0.05, 0.1) is 11.3 Å². The number of benzene rings is 1. The number of oxime groups is 1. The van der Waals surface area contributed by atoms with Crippen LogP contribution < -0.4 is 5.32 Å². The molecule has 0 radical (unpaired) electrons. The van der Waals surface area contributed by atoms with Gasteiger partial charge in [-0.1, -0.05) is 25.1 Å². The predicted octanol–water partition coefficient (Wildman–Crippen LogP) is 3.26. The summed E-state index contributed by atoms with van der Waals surface area (Å²) in [4.78, 5) is 16.9. The third-order valence-electron chi connectivity index (χ3n) is 3.48. The summed E-state index contributed by atoms with van der Waals surface area (Å²) in [5, 5.41) is 6.25. The quantitative estimate of drug-likeness (QED) is 0.861. The molecular formula is C15H16F4N2O2. The molecular weight excluding hydrogens is 316 g/mol. The van der Waals surface area contributed by atoms with Gasteiger partial charge in [0.1, 0.15) is 5.82 Å². The van der Waals surface area contributed by atoms with Gasteiger partial charge >= 0.3 is 6.18 Å². The number of halogens is 4. The molecule has 0 aromatic heterocycles. The summed E-state index contributed by atoms with van der Waals surface area (Å²) < 4.78 is 51.0. The molecule has 1 aliphatic rings. The molecule has 1 aromatic rings. The van der Waals surface area contributed by atoms with Crippen molar-refractivity contribution in [1.82, 2.24) is 5.32 Å². The van der Waals surface area contributed by atoms with Gasteiger partial charge in [0.25, 0.3) is 5.91 Å². The first-order chi connectivity index (χ1) is 10.7. The molecule has 0 saturated carbocycles. The topological polar surface area (TPSA) is 50.7 Å². The van der Waals surface area contributed by atoms with Crippen LogP contribution in [0.15, 0.2) is 23.4 Å². The number of hydrogen-bond donors (Lipinski definition) is 1. The molecule has 1 amide bonds. The minimum Gasteiger partial charge on any atom is -0.382 e. The van der Waals surface area contributed by atoms with Gasteiger partial charge in [-0.15, -0.1) is 0 Å². The van der Waals surface area contributed by atoms with E-state index < -0.39 is 29.6 Å². The van der Waals surface area contributed by atoms with Crippen LogP contribution in [0.4, 0.5) is 17.6 Å². The van der Waals surface area contributed by atoms with Crippen molar-refractivity contribution in [2.45, 2.75) is 39.1 Å². The molecule has 0 fully saturated rings. The highest BCUT2D eigenvalue weighted by atomic mass is 19.4. The number of carbonyl (C=O) groups excluding carboxylic acids is 1. The van der Waals surface area contributed by atoms with Gasteiger partial charge in [-0.3, -0.25) is 4.79 Å². The SMILES string of the molecule is CC(C)C1=NOC(C(=O)NCc2ccc(C(F)(F)F)cc2F)C1. The van der Waals surface area contributed by atoms with Crippen molar-refractivity contribution in [3.63, 3.8) is 0 Å².